The molecule has 0 aliphatic carbocycles. The monoisotopic (exact) mass is 362 g/mol. The van der Waals surface area contributed by atoms with Gasteiger partial charge >= 0.3 is 5.56 Å². The number of aromatic nitrogens is 2. The Bertz CT molecular complexity index is 963. The van der Waals surface area contributed by atoms with Crippen molar-refractivity contribution in [1.29, 1.82) is 0 Å². The second-order valence-electron chi connectivity index (χ2n) is 5.22. The van der Waals surface area contributed by atoms with Crippen molar-refractivity contribution >= 4 is 35.1 Å². The van der Waals surface area contributed by atoms with E-state index in [9.17, 15) is 4.79 Å². The van der Waals surface area contributed by atoms with E-state index in [-0.39, 0.29) is 5.56 Å². The van der Waals surface area contributed by atoms with E-state index in [1.165, 1.54) is 6.21 Å². The SMILES string of the molecule is O=c1c(-c2cc(Cl)cc(Cl)c2)c[n+](CC/C=N/O)c2ccccn12. The third-order valence-electron chi connectivity index (χ3n) is 3.62. The first-order valence-corrected chi connectivity index (χ1v) is 8.02. The van der Waals surface area contributed by atoms with Crippen molar-refractivity contribution in [3.63, 3.8) is 0 Å². The number of rotatable bonds is 4. The molecule has 2 aromatic heterocycles. The highest BCUT2D eigenvalue weighted by Crippen LogP contribution is 2.25. The molecule has 0 saturated carbocycles. The maximum atomic E-state index is 12.8. The smallest absolute Gasteiger partial charge is 0.350 e. The molecule has 0 radical (unpaired) electrons. The molecular formula is C17H14Cl2N3O2+. The summed E-state index contributed by atoms with van der Waals surface area (Å²) in [7, 11) is 0. The van der Waals surface area contributed by atoms with Crippen LogP contribution in [0.15, 0.2) is 58.7 Å². The van der Waals surface area contributed by atoms with E-state index in [2.05, 4.69) is 5.16 Å². The van der Waals surface area contributed by atoms with E-state index < -0.39 is 0 Å². The molecule has 0 aliphatic rings. The zero-order valence-corrected chi connectivity index (χ0v) is 14.1. The maximum absolute atomic E-state index is 12.8. The van der Waals surface area contributed by atoms with Gasteiger partial charge in [0.2, 0.25) is 0 Å². The van der Waals surface area contributed by atoms with Gasteiger partial charge in [0.05, 0.1) is 12.7 Å². The van der Waals surface area contributed by atoms with Crippen molar-refractivity contribution in [2.24, 2.45) is 5.16 Å². The summed E-state index contributed by atoms with van der Waals surface area (Å²) in [5.41, 5.74) is 1.73. The molecule has 0 fully saturated rings. The van der Waals surface area contributed by atoms with Crippen LogP contribution in [0.5, 0.6) is 0 Å². The molecule has 122 valence electrons. The Morgan fingerprint density at radius 1 is 1.21 bits per heavy atom. The normalized spacial score (nSPS) is 11.4. The number of pyridine rings is 1. The Kier molecular flexibility index (Phi) is 4.83. The largest absolute Gasteiger partial charge is 0.411 e. The lowest BCUT2D eigenvalue weighted by Gasteiger charge is -2.07. The molecule has 0 saturated heterocycles. The first-order chi connectivity index (χ1) is 11.6. The lowest BCUT2D eigenvalue weighted by Crippen LogP contribution is -2.40. The molecule has 1 aromatic carbocycles. The number of nitrogens with zero attached hydrogens (tertiary/aromatic N) is 3. The van der Waals surface area contributed by atoms with Crippen molar-refractivity contribution in [2.45, 2.75) is 13.0 Å². The topological polar surface area (TPSA) is 58.0 Å². The van der Waals surface area contributed by atoms with Crippen molar-refractivity contribution in [3.8, 4) is 11.1 Å². The molecule has 1 N–H and O–H groups in total. The summed E-state index contributed by atoms with van der Waals surface area (Å²) in [5.74, 6) is 0. The van der Waals surface area contributed by atoms with Gasteiger partial charge in [-0.2, -0.15) is 4.40 Å². The first-order valence-electron chi connectivity index (χ1n) is 7.26. The lowest BCUT2D eigenvalue weighted by atomic mass is 10.1. The van der Waals surface area contributed by atoms with E-state index in [0.29, 0.717) is 34.1 Å². The minimum absolute atomic E-state index is 0.156. The molecule has 3 rings (SSSR count). The van der Waals surface area contributed by atoms with Crippen LogP contribution in [0.2, 0.25) is 10.0 Å². The van der Waals surface area contributed by atoms with Crippen molar-refractivity contribution in [1.82, 2.24) is 4.40 Å². The average molecular weight is 363 g/mol. The van der Waals surface area contributed by atoms with Gasteiger partial charge in [0.15, 0.2) is 0 Å². The maximum Gasteiger partial charge on any atom is 0.350 e. The number of benzene rings is 1. The molecule has 0 unspecified atom stereocenters. The van der Waals surface area contributed by atoms with E-state index in [0.717, 1.165) is 5.65 Å². The summed E-state index contributed by atoms with van der Waals surface area (Å²) in [6.07, 6.45) is 5.42. The molecule has 0 atom stereocenters. The van der Waals surface area contributed by atoms with Crippen LogP contribution in [0.25, 0.3) is 16.8 Å². The van der Waals surface area contributed by atoms with Gasteiger partial charge in [0.25, 0.3) is 5.65 Å². The Hall–Kier alpha value is -2.37. The molecular weight excluding hydrogens is 349 g/mol. The molecule has 5 nitrogen and oxygen atoms in total. The quantitative estimate of drug-likeness (QED) is 0.334. The van der Waals surface area contributed by atoms with Gasteiger partial charge in [0.1, 0.15) is 11.8 Å². The summed E-state index contributed by atoms with van der Waals surface area (Å²) in [6.45, 7) is 0.555. The summed E-state index contributed by atoms with van der Waals surface area (Å²) in [5, 5.41) is 12.5. The molecule has 7 heteroatoms. The van der Waals surface area contributed by atoms with Crippen LogP contribution < -0.4 is 10.1 Å². The van der Waals surface area contributed by atoms with Crippen molar-refractivity contribution < 1.29 is 9.77 Å². The third kappa shape index (κ3) is 3.27. The Morgan fingerprint density at radius 2 is 1.96 bits per heavy atom. The second kappa shape index (κ2) is 7.03. The summed E-state index contributed by atoms with van der Waals surface area (Å²) >= 11 is 12.1. The van der Waals surface area contributed by atoms with Gasteiger partial charge in [-0.25, -0.2) is 9.36 Å². The van der Waals surface area contributed by atoms with Crippen LogP contribution in [0.1, 0.15) is 6.42 Å². The molecule has 2 heterocycles. The van der Waals surface area contributed by atoms with Gasteiger partial charge in [-0.05, 0) is 29.8 Å². The fraction of sp³-hybridized carbons (Fsp3) is 0.118. The number of oxime groups is 1. The van der Waals surface area contributed by atoms with E-state index in [1.54, 1.807) is 41.1 Å². The Morgan fingerprint density at radius 3 is 2.67 bits per heavy atom. The zero-order valence-electron chi connectivity index (χ0n) is 12.6. The average Bonchev–Trinajstić information content (AvgIpc) is 2.56. The fourth-order valence-corrected chi connectivity index (χ4v) is 3.11. The van der Waals surface area contributed by atoms with E-state index in [1.807, 2.05) is 16.7 Å². The number of hydrogen-bond donors (Lipinski definition) is 1. The molecule has 0 amide bonds. The van der Waals surface area contributed by atoms with E-state index >= 15 is 0 Å². The van der Waals surface area contributed by atoms with Crippen LogP contribution in [0.3, 0.4) is 0 Å². The summed E-state index contributed by atoms with van der Waals surface area (Å²) in [4.78, 5) is 12.8. The van der Waals surface area contributed by atoms with Gasteiger partial charge in [-0.15, -0.1) is 5.16 Å². The first kappa shape index (κ1) is 16.5. The van der Waals surface area contributed by atoms with Crippen LogP contribution >= 0.6 is 23.2 Å². The summed E-state index contributed by atoms with van der Waals surface area (Å²) in [6, 6.07) is 10.5. The molecule has 24 heavy (non-hydrogen) atoms. The molecule has 0 aliphatic heterocycles. The summed E-state index contributed by atoms with van der Waals surface area (Å²) < 4.78 is 3.49. The number of aryl methyl sites for hydroxylation is 1. The molecule has 0 bridgehead atoms. The fourth-order valence-electron chi connectivity index (χ4n) is 2.59. The molecule has 3 aromatic rings. The zero-order chi connectivity index (χ0) is 17.1. The third-order valence-corrected chi connectivity index (χ3v) is 4.06. The van der Waals surface area contributed by atoms with Gasteiger partial charge in [-0.3, -0.25) is 0 Å². The standard InChI is InChI=1S/C17H13Cl2N3O2/c18-13-8-12(9-14(19)10-13)15-11-21(6-3-5-20-24)16-4-1-2-7-22(16)17(15)23/h1-2,4-5,7-11H,3,6H2/p+1/b20-5+. The lowest BCUT2D eigenvalue weighted by molar-refractivity contribution is -0.672. The van der Waals surface area contributed by atoms with Crippen LogP contribution in [-0.4, -0.2) is 15.8 Å². The van der Waals surface area contributed by atoms with Crippen LogP contribution in [0, 0.1) is 0 Å². The van der Waals surface area contributed by atoms with Gasteiger partial charge in [-0.1, -0.05) is 29.3 Å². The Labute approximate surface area is 148 Å². The second-order valence-corrected chi connectivity index (χ2v) is 6.09. The van der Waals surface area contributed by atoms with Gasteiger partial charge in [0, 0.05) is 28.7 Å². The number of halogens is 2. The predicted molar refractivity (Wildman–Crippen MR) is 94.2 cm³/mol. The van der Waals surface area contributed by atoms with Gasteiger partial charge < -0.3 is 5.21 Å². The minimum atomic E-state index is -0.156. The van der Waals surface area contributed by atoms with E-state index in [4.69, 9.17) is 28.4 Å². The van der Waals surface area contributed by atoms with Crippen LogP contribution in [-0.2, 0) is 6.54 Å². The predicted octanol–water partition coefficient (Wildman–Crippen LogP) is 3.41. The van der Waals surface area contributed by atoms with Crippen molar-refractivity contribution in [3.05, 3.63) is 69.2 Å². The number of hydrogen-bond acceptors (Lipinski definition) is 3. The highest BCUT2D eigenvalue weighted by molar-refractivity contribution is 6.35. The van der Waals surface area contributed by atoms with Crippen molar-refractivity contribution in [2.75, 3.05) is 0 Å². The number of fused-ring (bicyclic) bond motifs is 1. The minimum Gasteiger partial charge on any atom is -0.411 e. The van der Waals surface area contributed by atoms with Crippen LogP contribution in [0.4, 0.5) is 0 Å². The highest BCUT2D eigenvalue weighted by Gasteiger charge is 2.17. The molecule has 0 spiro atoms. The Balaban J connectivity index is 2.24. The highest BCUT2D eigenvalue weighted by atomic mass is 35.5.